The first kappa shape index (κ1) is 33.8. The van der Waals surface area contributed by atoms with Crippen LogP contribution in [0.1, 0.15) is 44.9 Å². The highest BCUT2D eigenvalue weighted by molar-refractivity contribution is 14.1. The highest BCUT2D eigenvalue weighted by atomic mass is 127. The Morgan fingerprint density at radius 3 is 2.26 bits per heavy atom. The third-order valence-electron chi connectivity index (χ3n) is 8.52. The molecule has 46 heavy (non-hydrogen) atoms. The van der Waals surface area contributed by atoms with Crippen molar-refractivity contribution in [1.29, 1.82) is 0 Å². The van der Waals surface area contributed by atoms with Crippen LogP contribution in [0, 0.1) is 3.57 Å². The van der Waals surface area contributed by atoms with E-state index in [1.54, 1.807) is 7.11 Å². The van der Waals surface area contributed by atoms with Crippen LogP contribution in [0.5, 0.6) is 11.5 Å². The summed E-state index contributed by atoms with van der Waals surface area (Å²) in [5.74, 6) is 0.590. The molecule has 1 N–H and O–H groups in total. The first-order valence-electron chi connectivity index (χ1n) is 15.6. The molecule has 4 aromatic rings. The minimum absolute atomic E-state index is 0.100. The van der Waals surface area contributed by atoms with E-state index >= 15 is 0 Å². The van der Waals surface area contributed by atoms with Crippen molar-refractivity contribution in [3.8, 4) is 11.5 Å². The third kappa shape index (κ3) is 7.38. The average Bonchev–Trinajstić information content (AvgIpc) is 3.54. The number of ether oxygens (including phenoxy) is 2. The Morgan fingerprint density at radius 2 is 1.67 bits per heavy atom. The van der Waals surface area contributed by atoms with Crippen molar-refractivity contribution in [2.75, 3.05) is 20.3 Å². The number of phenolic OH excluding ortho intramolecular Hbond substituents is 1. The number of aromatic hydroxyl groups is 1. The van der Waals surface area contributed by atoms with E-state index in [2.05, 4.69) is 128 Å². The maximum Gasteiger partial charge on any atom is 0.261 e. The molecule has 0 amide bonds. The Labute approximate surface area is 287 Å². The van der Waals surface area contributed by atoms with Gasteiger partial charge in [-0.05, 0) is 103 Å². The lowest BCUT2D eigenvalue weighted by atomic mass is 9.95. The van der Waals surface area contributed by atoms with E-state index in [-0.39, 0.29) is 16.9 Å². The van der Waals surface area contributed by atoms with Gasteiger partial charge in [-0.1, -0.05) is 100 Å². The number of hydrogen-bond acceptors (Lipinski definition) is 5. The smallest absolute Gasteiger partial charge is 0.261 e. The highest BCUT2D eigenvalue weighted by Gasteiger charge is 2.50. The maximum atomic E-state index is 10.4. The molecule has 0 spiro atoms. The zero-order chi connectivity index (χ0) is 32.7. The summed E-state index contributed by atoms with van der Waals surface area (Å²) in [5, 5.41) is 12.7. The van der Waals surface area contributed by atoms with E-state index in [0.29, 0.717) is 19.0 Å². The normalized spacial score (nSPS) is 15.5. The zero-order valence-electron chi connectivity index (χ0n) is 27.0. The predicted octanol–water partition coefficient (Wildman–Crippen LogP) is 8.18. The van der Waals surface area contributed by atoms with Crippen LogP contribution in [-0.4, -0.2) is 44.8 Å². The van der Waals surface area contributed by atoms with Crippen LogP contribution in [0.15, 0.2) is 121 Å². The zero-order valence-corrected chi connectivity index (χ0v) is 30.2. The first-order valence-corrected chi connectivity index (χ1v) is 18.6. The number of hydrogen-bond donors (Lipinski definition) is 1. The van der Waals surface area contributed by atoms with Gasteiger partial charge in [-0.2, -0.15) is 0 Å². The molecule has 1 aliphatic heterocycles. The average molecular weight is 744 g/mol. The van der Waals surface area contributed by atoms with Crippen LogP contribution in [0.4, 0.5) is 0 Å². The molecule has 1 aliphatic rings. The number of phenols is 1. The lowest BCUT2D eigenvalue weighted by molar-refractivity contribution is 0.117. The Hall–Kier alpha value is -3.50. The molecule has 5 nitrogen and oxygen atoms in total. The van der Waals surface area contributed by atoms with Gasteiger partial charge in [0.05, 0.1) is 35.7 Å². The molecule has 0 bridgehead atoms. The molecule has 5 rings (SSSR count). The number of allylic oxidation sites excluding steroid dienone is 1. The molecule has 0 fully saturated rings. The van der Waals surface area contributed by atoms with Gasteiger partial charge >= 0.3 is 0 Å². The summed E-state index contributed by atoms with van der Waals surface area (Å²) in [6.45, 7) is 12.4. The molecule has 3 aromatic carbocycles. The van der Waals surface area contributed by atoms with E-state index in [9.17, 15) is 5.11 Å². The molecule has 2 heterocycles. The Kier molecular flexibility index (Phi) is 11.0. The number of benzene rings is 3. The van der Waals surface area contributed by atoms with Gasteiger partial charge in [0.1, 0.15) is 0 Å². The first-order chi connectivity index (χ1) is 22.1. The number of rotatable bonds is 12. The lowest BCUT2D eigenvalue weighted by Crippen LogP contribution is -2.66. The number of nitrogens with zero attached hydrogens (tertiary/aromatic N) is 1. The Balaban J connectivity index is 1.38. The maximum absolute atomic E-state index is 10.4. The van der Waals surface area contributed by atoms with Crippen LogP contribution in [0.25, 0.3) is 11.6 Å². The van der Waals surface area contributed by atoms with Crippen molar-refractivity contribution in [1.82, 2.24) is 4.98 Å². The van der Waals surface area contributed by atoms with Crippen LogP contribution < -0.4 is 15.1 Å². The quantitative estimate of drug-likeness (QED) is 0.117. The molecule has 1 aromatic heterocycles. The van der Waals surface area contributed by atoms with Crippen LogP contribution in [-0.2, 0) is 9.16 Å². The second-order valence-electron chi connectivity index (χ2n) is 12.5. The minimum atomic E-state index is -2.70. The highest BCUT2D eigenvalue weighted by Crippen LogP contribution is 2.38. The Bertz CT molecular complexity index is 1660. The largest absolute Gasteiger partial charge is 0.504 e. The van der Waals surface area contributed by atoms with Gasteiger partial charge in [-0.15, -0.1) is 0 Å². The van der Waals surface area contributed by atoms with Gasteiger partial charge in [0.15, 0.2) is 11.5 Å². The lowest BCUT2D eigenvalue weighted by Gasteiger charge is -2.43. The van der Waals surface area contributed by atoms with Crippen molar-refractivity contribution >= 4 is 52.9 Å². The molecular weight excluding hydrogens is 701 g/mol. The Morgan fingerprint density at radius 1 is 1.02 bits per heavy atom. The summed E-state index contributed by atoms with van der Waals surface area (Å²) in [5.41, 5.74) is 4.98. The van der Waals surface area contributed by atoms with Gasteiger partial charge < -0.3 is 19.0 Å². The SMILES string of the molecule is C=C(CO[Si](c1ccccc1)(c1ccccc1)C(C)(C)C)C1=CCOC1CC/C(=C/c1cc(I)c(O)c(OC)c1)c1ccccn1. The summed E-state index contributed by atoms with van der Waals surface area (Å²) >= 11 is 2.13. The molecule has 7 heteroatoms. The number of halogens is 1. The van der Waals surface area contributed by atoms with Crippen molar-refractivity contribution in [2.24, 2.45) is 0 Å². The van der Waals surface area contributed by atoms with E-state index in [1.807, 2.05) is 36.5 Å². The summed E-state index contributed by atoms with van der Waals surface area (Å²) in [4.78, 5) is 4.66. The summed E-state index contributed by atoms with van der Waals surface area (Å²) in [6, 6.07) is 31.1. The van der Waals surface area contributed by atoms with Crippen molar-refractivity contribution < 1.29 is 19.0 Å². The molecule has 1 unspecified atom stereocenters. The fraction of sp³-hybridized carbons (Fsp3) is 0.256. The number of methoxy groups -OCH3 is 1. The molecular formula is C39H42INO4Si. The molecule has 238 valence electrons. The van der Waals surface area contributed by atoms with E-state index in [1.165, 1.54) is 10.4 Å². The predicted molar refractivity (Wildman–Crippen MR) is 199 cm³/mol. The van der Waals surface area contributed by atoms with Crippen LogP contribution in [0.2, 0.25) is 5.04 Å². The monoisotopic (exact) mass is 743 g/mol. The van der Waals surface area contributed by atoms with Crippen LogP contribution >= 0.6 is 22.6 Å². The number of aromatic nitrogens is 1. The molecule has 0 radical (unpaired) electrons. The number of pyridine rings is 1. The summed E-state index contributed by atoms with van der Waals surface area (Å²) in [6.07, 6.45) is 7.48. The fourth-order valence-corrected chi connectivity index (χ4v) is 11.4. The van der Waals surface area contributed by atoms with Gasteiger partial charge in [-0.3, -0.25) is 4.98 Å². The molecule has 0 aliphatic carbocycles. The van der Waals surface area contributed by atoms with E-state index in [0.717, 1.165) is 44.4 Å². The van der Waals surface area contributed by atoms with Gasteiger partial charge in [0.25, 0.3) is 8.32 Å². The minimum Gasteiger partial charge on any atom is -0.504 e. The molecule has 1 atom stereocenters. The van der Waals surface area contributed by atoms with Gasteiger partial charge in [-0.25, -0.2) is 0 Å². The van der Waals surface area contributed by atoms with Gasteiger partial charge in [0, 0.05) is 6.20 Å². The summed E-state index contributed by atoms with van der Waals surface area (Å²) in [7, 11) is -1.14. The van der Waals surface area contributed by atoms with Crippen molar-refractivity contribution in [2.45, 2.75) is 44.8 Å². The van der Waals surface area contributed by atoms with E-state index < -0.39 is 8.32 Å². The molecule has 0 saturated heterocycles. The summed E-state index contributed by atoms with van der Waals surface area (Å²) < 4.78 is 19.6. The standard InChI is InChI=1S/C39H42INO4Si/c1-28(27-45-46(39(2,3)4,31-14-8-6-9-15-31)32-16-10-7-11-17-32)33-21-23-44-36(33)20-19-30(35-18-12-13-22-41-35)24-29-25-34(40)38(42)37(26-29)43-5/h6-18,21-22,24-26,36,42H,1,19-20,23,27H2,2-5H3/b30-24-. The van der Waals surface area contributed by atoms with E-state index in [4.69, 9.17) is 13.9 Å². The van der Waals surface area contributed by atoms with Crippen molar-refractivity contribution in [3.63, 3.8) is 0 Å². The fourth-order valence-electron chi connectivity index (χ4n) is 6.27. The van der Waals surface area contributed by atoms with Crippen LogP contribution in [0.3, 0.4) is 0 Å². The second-order valence-corrected chi connectivity index (χ2v) is 18.0. The third-order valence-corrected chi connectivity index (χ3v) is 14.3. The topological polar surface area (TPSA) is 60.8 Å². The van der Waals surface area contributed by atoms with Gasteiger partial charge in [0.2, 0.25) is 0 Å². The molecule has 0 saturated carbocycles. The van der Waals surface area contributed by atoms with Crippen molar-refractivity contribution in [3.05, 3.63) is 136 Å². The second kappa shape index (κ2) is 14.9.